The van der Waals surface area contributed by atoms with Gasteiger partial charge in [-0.3, -0.25) is 4.79 Å². The molecule has 100 valence electrons. The molecule has 1 aliphatic heterocycles. The lowest BCUT2D eigenvalue weighted by Gasteiger charge is -2.23. The van der Waals surface area contributed by atoms with Crippen LogP contribution in [0.25, 0.3) is 0 Å². The number of carbonyl (C=O) groups excluding carboxylic acids is 1. The van der Waals surface area contributed by atoms with Gasteiger partial charge in [-0.2, -0.15) is 0 Å². The Labute approximate surface area is 113 Å². The van der Waals surface area contributed by atoms with Crippen LogP contribution in [0, 0.1) is 0 Å². The largest absolute Gasteiger partial charge is 0.345 e. The summed E-state index contributed by atoms with van der Waals surface area (Å²) in [5.41, 5.74) is 0.881. The van der Waals surface area contributed by atoms with Gasteiger partial charge in [-0.05, 0) is 19.3 Å². The minimum atomic E-state index is -0.0631. The first-order valence-electron chi connectivity index (χ1n) is 6.70. The lowest BCUT2D eigenvalue weighted by atomic mass is 9.91. The maximum Gasteiger partial charge on any atom is 0.186 e. The molecule has 1 fully saturated rings. The molecule has 2 heterocycles. The van der Waals surface area contributed by atoms with Crippen LogP contribution in [0.1, 0.15) is 62.3 Å². The Hall–Kier alpha value is -0.900. The maximum absolute atomic E-state index is 11.2. The predicted octanol–water partition coefficient (Wildman–Crippen LogP) is 3.63. The van der Waals surface area contributed by atoms with Gasteiger partial charge in [-0.15, -0.1) is 0 Å². The summed E-state index contributed by atoms with van der Waals surface area (Å²) < 4.78 is 0. The molecule has 0 bridgehead atoms. The molecule has 0 spiro atoms. The standard InChI is InChI=1S/C14H22N2OS/c1-5-10-7-6-8-16(10)13-15-12(14(2,3)4)11(9-17)18-13/h9-10H,5-8H2,1-4H3. The Balaban J connectivity index is 2.35. The molecular formula is C14H22N2OS. The second kappa shape index (κ2) is 5.00. The maximum atomic E-state index is 11.2. The third kappa shape index (κ3) is 2.44. The molecule has 3 nitrogen and oxygen atoms in total. The summed E-state index contributed by atoms with van der Waals surface area (Å²) in [4.78, 5) is 19.1. The number of thiazole rings is 1. The van der Waals surface area contributed by atoms with Gasteiger partial charge < -0.3 is 4.90 Å². The van der Waals surface area contributed by atoms with Gasteiger partial charge in [-0.25, -0.2) is 4.98 Å². The Morgan fingerprint density at radius 3 is 2.72 bits per heavy atom. The predicted molar refractivity (Wildman–Crippen MR) is 76.9 cm³/mol. The lowest BCUT2D eigenvalue weighted by molar-refractivity contribution is 0.112. The molecule has 18 heavy (non-hydrogen) atoms. The molecule has 0 radical (unpaired) electrons. The fraction of sp³-hybridized carbons (Fsp3) is 0.714. The fourth-order valence-corrected chi connectivity index (χ4v) is 3.76. The Kier molecular flexibility index (Phi) is 3.76. The van der Waals surface area contributed by atoms with Crippen LogP contribution in [0.4, 0.5) is 5.13 Å². The molecule has 1 aromatic rings. The van der Waals surface area contributed by atoms with Gasteiger partial charge >= 0.3 is 0 Å². The summed E-state index contributed by atoms with van der Waals surface area (Å²) in [6, 6.07) is 0.600. The molecule has 2 rings (SSSR count). The summed E-state index contributed by atoms with van der Waals surface area (Å²) in [7, 11) is 0. The highest BCUT2D eigenvalue weighted by Gasteiger charge is 2.29. The quantitative estimate of drug-likeness (QED) is 0.783. The third-order valence-corrected chi connectivity index (χ3v) is 4.57. The van der Waals surface area contributed by atoms with Crippen molar-refractivity contribution < 1.29 is 4.79 Å². The van der Waals surface area contributed by atoms with Crippen LogP contribution in [-0.2, 0) is 5.41 Å². The van der Waals surface area contributed by atoms with E-state index in [1.165, 1.54) is 12.8 Å². The highest BCUT2D eigenvalue weighted by atomic mass is 32.1. The Morgan fingerprint density at radius 2 is 2.22 bits per heavy atom. The zero-order valence-corrected chi connectivity index (χ0v) is 12.5. The first kappa shape index (κ1) is 13.5. The van der Waals surface area contributed by atoms with Gasteiger partial charge in [-0.1, -0.05) is 39.0 Å². The monoisotopic (exact) mass is 266 g/mol. The third-order valence-electron chi connectivity index (χ3n) is 3.55. The van der Waals surface area contributed by atoms with E-state index in [0.29, 0.717) is 6.04 Å². The van der Waals surface area contributed by atoms with Crippen molar-refractivity contribution in [2.75, 3.05) is 11.4 Å². The molecule has 0 saturated carbocycles. The van der Waals surface area contributed by atoms with Crippen molar-refractivity contribution in [3.8, 4) is 0 Å². The van der Waals surface area contributed by atoms with E-state index in [9.17, 15) is 4.79 Å². The van der Waals surface area contributed by atoms with E-state index < -0.39 is 0 Å². The van der Waals surface area contributed by atoms with Crippen LogP contribution in [0.3, 0.4) is 0 Å². The molecule has 1 unspecified atom stereocenters. The van der Waals surface area contributed by atoms with Crippen molar-refractivity contribution in [3.63, 3.8) is 0 Å². The molecule has 0 aliphatic carbocycles. The van der Waals surface area contributed by atoms with E-state index in [1.807, 2.05) is 0 Å². The highest BCUT2D eigenvalue weighted by Crippen LogP contribution is 2.36. The van der Waals surface area contributed by atoms with Gasteiger partial charge in [0.2, 0.25) is 0 Å². The summed E-state index contributed by atoms with van der Waals surface area (Å²) in [6.45, 7) is 9.64. The van der Waals surface area contributed by atoms with E-state index in [-0.39, 0.29) is 5.41 Å². The van der Waals surface area contributed by atoms with E-state index >= 15 is 0 Å². The summed E-state index contributed by atoms with van der Waals surface area (Å²) in [6.07, 6.45) is 4.59. The van der Waals surface area contributed by atoms with Crippen LogP contribution in [0.5, 0.6) is 0 Å². The minimum absolute atomic E-state index is 0.0631. The molecule has 0 aromatic carbocycles. The molecule has 1 saturated heterocycles. The van der Waals surface area contributed by atoms with Gasteiger partial charge in [0.25, 0.3) is 0 Å². The Bertz CT molecular complexity index is 433. The Morgan fingerprint density at radius 1 is 1.50 bits per heavy atom. The van der Waals surface area contributed by atoms with Crippen molar-refractivity contribution in [2.24, 2.45) is 0 Å². The van der Waals surface area contributed by atoms with Crippen LogP contribution in [0.15, 0.2) is 0 Å². The number of hydrogen-bond donors (Lipinski definition) is 0. The number of rotatable bonds is 3. The van der Waals surface area contributed by atoms with Crippen LogP contribution < -0.4 is 4.90 Å². The van der Waals surface area contributed by atoms with E-state index in [2.05, 4.69) is 32.6 Å². The first-order chi connectivity index (χ1) is 8.47. The number of hydrogen-bond acceptors (Lipinski definition) is 4. The second-order valence-corrected chi connectivity index (χ2v) is 6.98. The highest BCUT2D eigenvalue weighted by molar-refractivity contribution is 7.17. The van der Waals surface area contributed by atoms with E-state index in [4.69, 9.17) is 4.98 Å². The first-order valence-corrected chi connectivity index (χ1v) is 7.52. The van der Waals surface area contributed by atoms with E-state index in [1.54, 1.807) is 11.3 Å². The summed E-state index contributed by atoms with van der Waals surface area (Å²) in [5.74, 6) is 0. The number of nitrogens with zero attached hydrogens (tertiary/aromatic N) is 2. The van der Waals surface area contributed by atoms with Gasteiger partial charge in [0.05, 0.1) is 10.6 Å². The number of aldehydes is 1. The number of anilines is 1. The number of aromatic nitrogens is 1. The smallest absolute Gasteiger partial charge is 0.186 e. The van der Waals surface area contributed by atoms with Gasteiger partial charge in [0.15, 0.2) is 11.4 Å². The molecule has 1 aliphatic rings. The molecule has 0 amide bonds. The van der Waals surface area contributed by atoms with Crippen molar-refractivity contribution in [2.45, 2.75) is 58.4 Å². The zero-order valence-electron chi connectivity index (χ0n) is 11.7. The number of carbonyl (C=O) groups is 1. The summed E-state index contributed by atoms with van der Waals surface area (Å²) in [5, 5.41) is 1.03. The van der Waals surface area contributed by atoms with Gasteiger partial charge in [0, 0.05) is 18.0 Å². The average molecular weight is 266 g/mol. The topological polar surface area (TPSA) is 33.2 Å². The van der Waals surface area contributed by atoms with E-state index in [0.717, 1.165) is 35.0 Å². The molecular weight excluding hydrogens is 244 g/mol. The lowest BCUT2D eigenvalue weighted by Crippen LogP contribution is -2.28. The van der Waals surface area contributed by atoms with Crippen molar-refractivity contribution in [3.05, 3.63) is 10.6 Å². The van der Waals surface area contributed by atoms with Crippen molar-refractivity contribution >= 4 is 22.8 Å². The van der Waals surface area contributed by atoms with Gasteiger partial charge in [0.1, 0.15) is 0 Å². The normalized spacial score (nSPS) is 20.4. The molecule has 4 heteroatoms. The van der Waals surface area contributed by atoms with Crippen molar-refractivity contribution in [1.29, 1.82) is 0 Å². The van der Waals surface area contributed by atoms with Crippen LogP contribution >= 0.6 is 11.3 Å². The SMILES string of the molecule is CCC1CCCN1c1nc(C(C)(C)C)c(C=O)s1. The van der Waals surface area contributed by atoms with Crippen LogP contribution in [-0.4, -0.2) is 23.9 Å². The van der Waals surface area contributed by atoms with Crippen LogP contribution in [0.2, 0.25) is 0 Å². The summed E-state index contributed by atoms with van der Waals surface area (Å²) >= 11 is 1.55. The average Bonchev–Trinajstić information content (AvgIpc) is 2.93. The van der Waals surface area contributed by atoms with Crippen molar-refractivity contribution in [1.82, 2.24) is 4.98 Å². The minimum Gasteiger partial charge on any atom is -0.345 e. The molecule has 1 aromatic heterocycles. The fourth-order valence-electron chi connectivity index (χ4n) is 2.57. The molecule has 1 atom stereocenters. The zero-order chi connectivity index (χ0) is 13.3. The second-order valence-electron chi connectivity index (χ2n) is 5.97. The molecule has 0 N–H and O–H groups in total.